The van der Waals surface area contributed by atoms with Crippen LogP contribution >= 0.6 is 0 Å². The zero-order chi connectivity index (χ0) is 21.2. The molecule has 0 bridgehead atoms. The molecule has 2 aromatic carbocycles. The van der Waals surface area contributed by atoms with E-state index in [-0.39, 0.29) is 0 Å². The van der Waals surface area contributed by atoms with Gasteiger partial charge in [-0.05, 0) is 43.2 Å². The second kappa shape index (κ2) is 10.9. The van der Waals surface area contributed by atoms with Crippen molar-refractivity contribution in [3.05, 3.63) is 72.1 Å². The van der Waals surface area contributed by atoms with E-state index in [0.717, 1.165) is 24.3 Å². The Morgan fingerprint density at radius 3 is 2.60 bits per heavy atom. The number of benzene rings is 2. The molecule has 0 saturated heterocycles. The van der Waals surface area contributed by atoms with Gasteiger partial charge in [0.05, 0.1) is 26.8 Å². The van der Waals surface area contributed by atoms with E-state index in [4.69, 9.17) is 14.5 Å². The molecule has 0 atom stereocenters. The van der Waals surface area contributed by atoms with E-state index in [9.17, 15) is 0 Å². The smallest absolute Gasteiger partial charge is 0.196 e. The molecular weight excluding hydrogens is 378 g/mol. The molecule has 0 radical (unpaired) electrons. The van der Waals surface area contributed by atoms with E-state index in [0.29, 0.717) is 30.6 Å². The number of rotatable bonds is 9. The van der Waals surface area contributed by atoms with Gasteiger partial charge in [-0.3, -0.25) is 4.68 Å². The highest BCUT2D eigenvalue weighted by Crippen LogP contribution is 2.30. The number of methoxy groups -OCH3 is 1. The summed E-state index contributed by atoms with van der Waals surface area (Å²) in [5.41, 5.74) is 3.24. The number of aromatic nitrogens is 2. The number of nitrogens with one attached hydrogen (secondary N) is 2. The molecule has 158 valence electrons. The van der Waals surface area contributed by atoms with Gasteiger partial charge in [-0.25, -0.2) is 4.99 Å². The second-order valence-corrected chi connectivity index (χ2v) is 6.59. The van der Waals surface area contributed by atoms with E-state index in [1.807, 2.05) is 61.1 Å². The Morgan fingerprint density at radius 1 is 1.07 bits per heavy atom. The van der Waals surface area contributed by atoms with Crippen molar-refractivity contribution in [1.82, 2.24) is 15.1 Å². The molecule has 0 saturated carbocycles. The third-order valence-corrected chi connectivity index (χ3v) is 4.49. The SMILES string of the molecule is CCNC(=NCc1ccccc1Cn1cccn1)Nc1ccc(OC)c(OCC)c1. The quantitative estimate of drug-likeness (QED) is 0.416. The van der Waals surface area contributed by atoms with Crippen LogP contribution in [0.15, 0.2) is 65.9 Å². The van der Waals surface area contributed by atoms with Gasteiger partial charge in [0, 0.05) is 30.7 Å². The molecule has 0 aliphatic carbocycles. The van der Waals surface area contributed by atoms with Crippen LogP contribution in [0.5, 0.6) is 11.5 Å². The predicted molar refractivity (Wildman–Crippen MR) is 120 cm³/mol. The molecule has 3 rings (SSSR count). The van der Waals surface area contributed by atoms with Gasteiger partial charge in [0.25, 0.3) is 0 Å². The molecule has 7 nitrogen and oxygen atoms in total. The molecule has 1 heterocycles. The lowest BCUT2D eigenvalue weighted by molar-refractivity contribution is 0.311. The fourth-order valence-electron chi connectivity index (χ4n) is 3.07. The lowest BCUT2D eigenvalue weighted by atomic mass is 10.1. The first-order chi connectivity index (χ1) is 14.7. The second-order valence-electron chi connectivity index (χ2n) is 6.59. The van der Waals surface area contributed by atoms with E-state index in [1.54, 1.807) is 13.3 Å². The third-order valence-electron chi connectivity index (χ3n) is 4.49. The number of aliphatic imine (C=N–C) groups is 1. The van der Waals surface area contributed by atoms with E-state index in [2.05, 4.69) is 27.9 Å². The first kappa shape index (κ1) is 21.2. The zero-order valence-corrected chi connectivity index (χ0v) is 17.8. The number of guanidine groups is 1. The highest BCUT2D eigenvalue weighted by Gasteiger charge is 2.08. The Hall–Kier alpha value is -3.48. The van der Waals surface area contributed by atoms with Gasteiger partial charge < -0.3 is 20.1 Å². The van der Waals surface area contributed by atoms with Crippen LogP contribution in [-0.2, 0) is 13.1 Å². The van der Waals surface area contributed by atoms with Gasteiger partial charge in [0.2, 0.25) is 0 Å². The summed E-state index contributed by atoms with van der Waals surface area (Å²) >= 11 is 0. The highest BCUT2D eigenvalue weighted by atomic mass is 16.5. The van der Waals surface area contributed by atoms with Crippen molar-refractivity contribution >= 4 is 11.6 Å². The maximum Gasteiger partial charge on any atom is 0.196 e. The summed E-state index contributed by atoms with van der Waals surface area (Å²) in [7, 11) is 1.64. The van der Waals surface area contributed by atoms with Crippen LogP contribution < -0.4 is 20.1 Å². The molecule has 0 unspecified atom stereocenters. The van der Waals surface area contributed by atoms with Crippen molar-refractivity contribution in [2.24, 2.45) is 4.99 Å². The fraction of sp³-hybridized carbons (Fsp3) is 0.304. The molecule has 0 amide bonds. The first-order valence-electron chi connectivity index (χ1n) is 10.1. The van der Waals surface area contributed by atoms with E-state index >= 15 is 0 Å². The van der Waals surface area contributed by atoms with Gasteiger partial charge >= 0.3 is 0 Å². The summed E-state index contributed by atoms with van der Waals surface area (Å²) in [5, 5.41) is 11.0. The Labute approximate surface area is 177 Å². The van der Waals surface area contributed by atoms with E-state index < -0.39 is 0 Å². The summed E-state index contributed by atoms with van der Waals surface area (Å²) in [6.07, 6.45) is 3.75. The van der Waals surface area contributed by atoms with Crippen LogP contribution in [0.4, 0.5) is 5.69 Å². The Balaban J connectivity index is 1.76. The summed E-state index contributed by atoms with van der Waals surface area (Å²) in [5.74, 6) is 2.11. The topological polar surface area (TPSA) is 72.7 Å². The summed E-state index contributed by atoms with van der Waals surface area (Å²) in [6.45, 7) is 6.60. The number of nitrogens with zero attached hydrogens (tertiary/aromatic N) is 3. The van der Waals surface area contributed by atoms with Gasteiger partial charge in [0.15, 0.2) is 17.5 Å². The molecule has 0 spiro atoms. The molecule has 0 aliphatic heterocycles. The van der Waals surface area contributed by atoms with Crippen molar-refractivity contribution in [2.75, 3.05) is 25.6 Å². The molecule has 30 heavy (non-hydrogen) atoms. The Bertz CT molecular complexity index is 954. The average molecular weight is 408 g/mol. The standard InChI is InChI=1S/C23H29N5O2/c1-4-24-23(27-20-11-12-21(29-3)22(15-20)30-5-2)25-16-18-9-6-7-10-19(18)17-28-14-8-13-26-28/h6-15H,4-5,16-17H2,1-3H3,(H2,24,25,27). The fourth-order valence-corrected chi connectivity index (χ4v) is 3.07. The van der Waals surface area contributed by atoms with Crippen molar-refractivity contribution < 1.29 is 9.47 Å². The maximum absolute atomic E-state index is 5.67. The third kappa shape index (κ3) is 5.76. The summed E-state index contributed by atoms with van der Waals surface area (Å²) in [4.78, 5) is 4.78. The minimum atomic E-state index is 0.557. The Kier molecular flexibility index (Phi) is 7.71. The summed E-state index contributed by atoms with van der Waals surface area (Å²) < 4.78 is 12.9. The van der Waals surface area contributed by atoms with Crippen molar-refractivity contribution in [1.29, 1.82) is 0 Å². The lowest BCUT2D eigenvalue weighted by Gasteiger charge is -2.15. The number of ether oxygens (including phenoxy) is 2. The molecule has 0 fully saturated rings. The minimum absolute atomic E-state index is 0.557. The predicted octanol–water partition coefficient (Wildman–Crippen LogP) is 3.92. The van der Waals surface area contributed by atoms with Crippen molar-refractivity contribution in [3.8, 4) is 11.5 Å². The number of hydrogen-bond donors (Lipinski definition) is 2. The lowest BCUT2D eigenvalue weighted by Crippen LogP contribution is -2.30. The van der Waals surface area contributed by atoms with Crippen LogP contribution in [0.25, 0.3) is 0 Å². The molecule has 3 aromatic rings. The van der Waals surface area contributed by atoms with Crippen molar-refractivity contribution in [3.63, 3.8) is 0 Å². The largest absolute Gasteiger partial charge is 0.493 e. The number of anilines is 1. The molecule has 0 aliphatic rings. The monoisotopic (exact) mass is 407 g/mol. The van der Waals surface area contributed by atoms with Gasteiger partial charge in [-0.2, -0.15) is 5.10 Å². The van der Waals surface area contributed by atoms with Crippen LogP contribution in [0, 0.1) is 0 Å². The van der Waals surface area contributed by atoms with Crippen LogP contribution in [-0.4, -0.2) is 36.0 Å². The molecule has 7 heteroatoms. The Morgan fingerprint density at radius 2 is 1.90 bits per heavy atom. The van der Waals surface area contributed by atoms with Gasteiger partial charge in [-0.1, -0.05) is 24.3 Å². The van der Waals surface area contributed by atoms with E-state index in [1.165, 1.54) is 5.56 Å². The van der Waals surface area contributed by atoms with Gasteiger partial charge in [-0.15, -0.1) is 0 Å². The maximum atomic E-state index is 5.67. The van der Waals surface area contributed by atoms with Crippen LogP contribution in [0.2, 0.25) is 0 Å². The number of hydrogen-bond acceptors (Lipinski definition) is 4. The van der Waals surface area contributed by atoms with Crippen molar-refractivity contribution in [2.45, 2.75) is 26.9 Å². The van der Waals surface area contributed by atoms with Crippen LogP contribution in [0.1, 0.15) is 25.0 Å². The zero-order valence-electron chi connectivity index (χ0n) is 17.8. The minimum Gasteiger partial charge on any atom is -0.493 e. The van der Waals surface area contributed by atoms with Gasteiger partial charge in [0.1, 0.15) is 0 Å². The molecule has 2 N–H and O–H groups in total. The highest BCUT2D eigenvalue weighted by molar-refractivity contribution is 5.93. The van der Waals surface area contributed by atoms with Crippen LogP contribution in [0.3, 0.4) is 0 Å². The first-order valence-corrected chi connectivity index (χ1v) is 10.1. The normalized spacial score (nSPS) is 11.2. The molecular formula is C23H29N5O2. The average Bonchev–Trinajstić information content (AvgIpc) is 3.27. The summed E-state index contributed by atoms with van der Waals surface area (Å²) in [6, 6.07) is 16.0. The molecule has 1 aromatic heterocycles.